The van der Waals surface area contributed by atoms with Gasteiger partial charge in [0.1, 0.15) is 25.0 Å². The Morgan fingerprint density at radius 2 is 2.24 bits per heavy atom. The van der Waals surface area contributed by atoms with E-state index in [1.165, 1.54) is 17.2 Å². The number of hydrogen-bond acceptors (Lipinski definition) is 7. The van der Waals surface area contributed by atoms with E-state index in [0.29, 0.717) is 19.5 Å². The van der Waals surface area contributed by atoms with Crippen molar-refractivity contribution >= 4 is 11.6 Å². The molecule has 1 aliphatic rings. The van der Waals surface area contributed by atoms with E-state index in [2.05, 4.69) is 20.4 Å². The van der Waals surface area contributed by atoms with Crippen LogP contribution in [0.2, 0.25) is 0 Å². The average molecular weight is 340 g/mol. The Hall–Kier alpha value is -3.53. The van der Waals surface area contributed by atoms with Gasteiger partial charge < -0.3 is 10.2 Å². The summed E-state index contributed by atoms with van der Waals surface area (Å²) in [6, 6.07) is 3.54. The smallest absolute Gasteiger partial charge is 0.252 e. The van der Waals surface area contributed by atoms with Crippen LogP contribution < -0.4 is 10.2 Å². The van der Waals surface area contributed by atoms with Crippen LogP contribution in [0, 0.1) is 28.5 Å². The molecule has 0 saturated carbocycles. The number of hydrogen-bond donors (Lipinski definition) is 1. The van der Waals surface area contributed by atoms with Crippen molar-refractivity contribution in [2.45, 2.75) is 19.0 Å². The molecular weight excluding hydrogens is 327 g/mol. The number of anilines is 1. The van der Waals surface area contributed by atoms with Gasteiger partial charge in [-0.25, -0.2) is 14.1 Å². The second-order valence-corrected chi connectivity index (χ2v) is 5.51. The topological polar surface area (TPSA) is 124 Å². The number of nitriles is 2. The Morgan fingerprint density at radius 3 is 2.96 bits per heavy atom. The molecule has 25 heavy (non-hydrogen) atoms. The van der Waals surface area contributed by atoms with Crippen LogP contribution in [-0.4, -0.2) is 44.8 Å². The second-order valence-electron chi connectivity index (χ2n) is 5.51. The fraction of sp³-hybridized carbons (Fsp3) is 0.333. The number of carbonyl (C=O) groups excluding carboxylic acids is 1. The zero-order valence-corrected chi connectivity index (χ0v) is 13.1. The van der Waals surface area contributed by atoms with Crippen molar-refractivity contribution in [3.8, 4) is 12.1 Å². The van der Waals surface area contributed by atoms with Crippen LogP contribution in [0.5, 0.6) is 0 Å². The van der Waals surface area contributed by atoms with E-state index in [4.69, 9.17) is 10.5 Å². The first-order valence-corrected chi connectivity index (χ1v) is 7.48. The van der Waals surface area contributed by atoms with Crippen LogP contribution in [0.3, 0.4) is 0 Å². The van der Waals surface area contributed by atoms with Crippen molar-refractivity contribution in [1.29, 1.82) is 10.5 Å². The van der Waals surface area contributed by atoms with E-state index >= 15 is 0 Å². The molecule has 1 N–H and O–H groups in total. The monoisotopic (exact) mass is 340 g/mol. The molecule has 1 atom stereocenters. The van der Waals surface area contributed by atoms with Crippen molar-refractivity contribution in [3.05, 3.63) is 35.9 Å². The van der Waals surface area contributed by atoms with Crippen LogP contribution in [0.25, 0.3) is 0 Å². The molecule has 9 nitrogen and oxygen atoms in total. The Balaban J connectivity index is 1.61. The third-order valence-electron chi connectivity index (χ3n) is 3.80. The Labute approximate surface area is 142 Å². The van der Waals surface area contributed by atoms with Gasteiger partial charge >= 0.3 is 0 Å². The van der Waals surface area contributed by atoms with E-state index in [0.717, 1.165) is 6.20 Å². The van der Waals surface area contributed by atoms with Gasteiger partial charge in [-0.3, -0.25) is 9.78 Å². The highest BCUT2D eigenvalue weighted by atomic mass is 19.1. The molecule has 1 aliphatic heterocycles. The molecule has 3 heterocycles. The first kappa shape index (κ1) is 16.3. The minimum Gasteiger partial charge on any atom is -0.366 e. The molecule has 3 rings (SSSR count). The van der Waals surface area contributed by atoms with Gasteiger partial charge in [-0.15, -0.1) is 5.10 Å². The number of nitrogens with one attached hydrogen (secondary N) is 1. The van der Waals surface area contributed by atoms with Gasteiger partial charge in [-0.05, 0) is 6.42 Å². The molecule has 126 valence electrons. The molecular formula is C15H13FN8O. The highest BCUT2D eigenvalue weighted by Crippen LogP contribution is 2.26. The number of carbonyl (C=O) groups is 1. The zero-order chi connectivity index (χ0) is 17.8. The molecule has 0 aromatic carbocycles. The largest absolute Gasteiger partial charge is 0.366 e. The quantitative estimate of drug-likeness (QED) is 0.827. The number of pyridine rings is 1. The Bertz CT molecular complexity index is 880. The maximum absolute atomic E-state index is 14.0. The SMILES string of the molecule is N#Cc1ncn(CC(=O)N[C@H]2CCN(c3c(F)cncc3C#N)C2)n1. The normalized spacial score (nSPS) is 16.3. The molecule has 0 spiro atoms. The lowest BCUT2D eigenvalue weighted by Crippen LogP contribution is -2.39. The van der Waals surface area contributed by atoms with Crippen LogP contribution in [0.15, 0.2) is 18.7 Å². The maximum atomic E-state index is 14.0. The Kier molecular flexibility index (Phi) is 4.53. The fourth-order valence-corrected chi connectivity index (χ4v) is 2.76. The van der Waals surface area contributed by atoms with Gasteiger partial charge in [-0.2, -0.15) is 10.5 Å². The van der Waals surface area contributed by atoms with Crippen LogP contribution in [0.4, 0.5) is 10.1 Å². The van der Waals surface area contributed by atoms with E-state index in [-0.39, 0.29) is 35.6 Å². The number of amides is 1. The number of rotatable bonds is 4. The van der Waals surface area contributed by atoms with E-state index in [9.17, 15) is 9.18 Å². The van der Waals surface area contributed by atoms with Crippen LogP contribution >= 0.6 is 0 Å². The molecule has 2 aromatic rings. The van der Waals surface area contributed by atoms with Crippen molar-refractivity contribution in [2.24, 2.45) is 0 Å². The van der Waals surface area contributed by atoms with Gasteiger partial charge in [-0.1, -0.05) is 0 Å². The molecule has 1 amide bonds. The van der Waals surface area contributed by atoms with Crippen LogP contribution in [0.1, 0.15) is 17.8 Å². The van der Waals surface area contributed by atoms with Gasteiger partial charge in [0.2, 0.25) is 5.91 Å². The highest BCUT2D eigenvalue weighted by Gasteiger charge is 2.27. The lowest BCUT2D eigenvalue weighted by Gasteiger charge is -2.20. The van der Waals surface area contributed by atoms with Crippen molar-refractivity contribution in [3.63, 3.8) is 0 Å². The molecule has 10 heteroatoms. The summed E-state index contributed by atoms with van der Waals surface area (Å²) in [5, 5.41) is 24.4. The van der Waals surface area contributed by atoms with E-state index < -0.39 is 5.82 Å². The predicted octanol–water partition coefficient (Wildman–Crippen LogP) is -0.0493. The molecule has 0 radical (unpaired) electrons. The molecule has 1 saturated heterocycles. The summed E-state index contributed by atoms with van der Waals surface area (Å²) in [6.07, 6.45) is 4.32. The summed E-state index contributed by atoms with van der Waals surface area (Å²) in [4.78, 5) is 21.2. The molecule has 0 aliphatic carbocycles. The third-order valence-corrected chi connectivity index (χ3v) is 3.80. The Morgan fingerprint density at radius 1 is 1.40 bits per heavy atom. The second kappa shape index (κ2) is 6.93. The summed E-state index contributed by atoms with van der Waals surface area (Å²) >= 11 is 0. The zero-order valence-electron chi connectivity index (χ0n) is 13.1. The van der Waals surface area contributed by atoms with E-state index in [1.54, 1.807) is 11.0 Å². The molecule has 1 fully saturated rings. The number of halogens is 1. The summed E-state index contributed by atoms with van der Waals surface area (Å²) in [5.74, 6) is -0.841. The standard InChI is InChI=1S/C15H13FN8O/c16-12-6-19-5-10(3-17)15(12)23-2-1-11(7-23)21-14(25)8-24-9-20-13(4-18)22-24/h5-6,9,11H,1-2,7-8H2,(H,21,25)/t11-/m0/s1. The first-order valence-electron chi connectivity index (χ1n) is 7.48. The van der Waals surface area contributed by atoms with Crippen molar-refractivity contribution in [2.75, 3.05) is 18.0 Å². The minimum atomic E-state index is -0.558. The summed E-state index contributed by atoms with van der Waals surface area (Å²) in [7, 11) is 0. The van der Waals surface area contributed by atoms with Gasteiger partial charge in [0.25, 0.3) is 5.82 Å². The molecule has 0 unspecified atom stereocenters. The van der Waals surface area contributed by atoms with Crippen LogP contribution in [-0.2, 0) is 11.3 Å². The summed E-state index contributed by atoms with van der Waals surface area (Å²) in [6.45, 7) is 0.850. The first-order chi connectivity index (χ1) is 12.1. The third kappa shape index (κ3) is 3.53. The van der Waals surface area contributed by atoms with Gasteiger partial charge in [0.05, 0.1) is 17.4 Å². The lowest BCUT2D eigenvalue weighted by atomic mass is 10.2. The molecule has 2 aromatic heterocycles. The highest BCUT2D eigenvalue weighted by molar-refractivity contribution is 5.76. The average Bonchev–Trinajstić information content (AvgIpc) is 3.23. The fourth-order valence-electron chi connectivity index (χ4n) is 2.76. The summed E-state index contributed by atoms with van der Waals surface area (Å²) < 4.78 is 15.3. The number of aromatic nitrogens is 4. The number of nitrogens with zero attached hydrogens (tertiary/aromatic N) is 7. The van der Waals surface area contributed by atoms with Gasteiger partial charge in [0, 0.05) is 25.3 Å². The lowest BCUT2D eigenvalue weighted by molar-refractivity contribution is -0.122. The maximum Gasteiger partial charge on any atom is 0.252 e. The molecule has 0 bridgehead atoms. The minimum absolute atomic E-state index is 0.00274. The van der Waals surface area contributed by atoms with E-state index in [1.807, 2.05) is 6.07 Å². The summed E-state index contributed by atoms with van der Waals surface area (Å²) in [5.41, 5.74) is 0.378. The van der Waals surface area contributed by atoms with Crippen molar-refractivity contribution in [1.82, 2.24) is 25.1 Å². The predicted molar refractivity (Wildman–Crippen MR) is 82.4 cm³/mol. The van der Waals surface area contributed by atoms with Gasteiger partial charge in [0.15, 0.2) is 5.82 Å². The van der Waals surface area contributed by atoms with Crippen molar-refractivity contribution < 1.29 is 9.18 Å².